The first-order valence-corrected chi connectivity index (χ1v) is 11.4. The summed E-state index contributed by atoms with van der Waals surface area (Å²) in [7, 11) is 0. The van der Waals surface area contributed by atoms with Crippen LogP contribution in [0.15, 0.2) is 53.6 Å². The van der Waals surface area contributed by atoms with E-state index >= 15 is 0 Å². The number of thioether (sulfide) groups is 1. The predicted octanol–water partition coefficient (Wildman–Crippen LogP) is 5.92. The Morgan fingerprint density at radius 2 is 1.88 bits per heavy atom. The van der Waals surface area contributed by atoms with Crippen LogP contribution in [0.3, 0.4) is 0 Å². The molecule has 9 heteroatoms. The molecule has 1 N–H and O–H groups in total. The number of nitrogens with zero attached hydrogens (tertiary/aromatic N) is 1. The van der Waals surface area contributed by atoms with Crippen LogP contribution in [0.25, 0.3) is 10.9 Å². The summed E-state index contributed by atoms with van der Waals surface area (Å²) < 4.78 is 58.5. The Balaban J connectivity index is 1.38. The van der Waals surface area contributed by atoms with Gasteiger partial charge in [0.25, 0.3) is 0 Å². The lowest BCUT2D eigenvalue weighted by atomic mass is 10.1. The molecule has 2 aromatic carbocycles. The van der Waals surface area contributed by atoms with Gasteiger partial charge in [-0.25, -0.2) is 0 Å². The largest absolute Gasteiger partial charge is 0.435 e. The van der Waals surface area contributed by atoms with Gasteiger partial charge in [-0.3, -0.25) is 0 Å². The van der Waals surface area contributed by atoms with Gasteiger partial charge in [-0.2, -0.15) is 17.6 Å². The molecule has 2 heterocycles. The minimum atomic E-state index is -2.83. The molecule has 3 aromatic rings. The topological polar surface area (TPSA) is 37.5 Å². The van der Waals surface area contributed by atoms with Crippen LogP contribution in [-0.2, 0) is 16.9 Å². The van der Waals surface area contributed by atoms with E-state index < -0.39 is 19.3 Å². The number of benzene rings is 2. The van der Waals surface area contributed by atoms with E-state index in [0.29, 0.717) is 18.7 Å². The number of H-pyrrole nitrogens is 1. The van der Waals surface area contributed by atoms with Crippen LogP contribution in [0, 0.1) is 0 Å². The summed E-state index contributed by atoms with van der Waals surface area (Å²) in [6.07, 6.45) is 3.04. The van der Waals surface area contributed by atoms with Crippen molar-refractivity contribution in [2.75, 3.05) is 19.6 Å². The summed E-state index contributed by atoms with van der Waals surface area (Å²) in [6, 6.07) is 12.8. The predicted molar refractivity (Wildman–Crippen MR) is 117 cm³/mol. The van der Waals surface area contributed by atoms with Gasteiger partial charge < -0.3 is 19.4 Å². The van der Waals surface area contributed by atoms with E-state index in [2.05, 4.69) is 25.4 Å². The first-order valence-electron chi connectivity index (χ1n) is 10.4. The molecule has 0 bridgehead atoms. The normalized spacial score (nSPS) is 17.1. The first kappa shape index (κ1) is 22.9. The standard InChI is InChI=1S/C23H24F4N2O2S/c24-22(25)30-17-6-4-15(5-7-17)14-32-20-3-1-2-19-21(20)16(12-28-19)8-10-29-11-9-18(13-29)31-23(26)27/h1-7,12,18,22-23,28H,8-11,13-14H2/t18-/m0/s1. The van der Waals surface area contributed by atoms with Crippen LogP contribution in [0.4, 0.5) is 17.6 Å². The quantitative estimate of drug-likeness (QED) is 0.296. The van der Waals surface area contributed by atoms with Gasteiger partial charge in [0.2, 0.25) is 0 Å². The van der Waals surface area contributed by atoms with Crippen LogP contribution in [0.1, 0.15) is 17.5 Å². The average Bonchev–Trinajstić information content (AvgIpc) is 3.38. The third-order valence-corrected chi connectivity index (χ3v) is 6.64. The van der Waals surface area contributed by atoms with Crippen molar-refractivity contribution in [2.45, 2.75) is 42.8 Å². The number of aromatic nitrogens is 1. The highest BCUT2D eigenvalue weighted by molar-refractivity contribution is 7.98. The molecule has 1 aliphatic heterocycles. The van der Waals surface area contributed by atoms with Gasteiger partial charge in [0.05, 0.1) is 6.10 Å². The summed E-state index contributed by atoms with van der Waals surface area (Å²) in [5, 5.41) is 1.16. The minimum Gasteiger partial charge on any atom is -0.435 e. The lowest BCUT2D eigenvalue weighted by Gasteiger charge is -2.16. The molecule has 0 amide bonds. The monoisotopic (exact) mass is 468 g/mol. The maximum atomic E-state index is 12.4. The maximum Gasteiger partial charge on any atom is 0.387 e. The van der Waals surface area contributed by atoms with Crippen molar-refractivity contribution in [3.05, 3.63) is 59.8 Å². The molecule has 4 rings (SSSR count). The summed E-state index contributed by atoms with van der Waals surface area (Å²) >= 11 is 1.68. The second kappa shape index (κ2) is 10.6. The van der Waals surface area contributed by atoms with Gasteiger partial charge in [-0.15, -0.1) is 11.8 Å². The van der Waals surface area contributed by atoms with Gasteiger partial charge >= 0.3 is 13.2 Å². The van der Waals surface area contributed by atoms with E-state index in [4.69, 9.17) is 0 Å². The lowest BCUT2D eigenvalue weighted by molar-refractivity contribution is -0.158. The van der Waals surface area contributed by atoms with Crippen molar-refractivity contribution in [1.29, 1.82) is 0 Å². The van der Waals surface area contributed by atoms with Crippen molar-refractivity contribution in [1.82, 2.24) is 9.88 Å². The number of aromatic amines is 1. The fraction of sp³-hybridized carbons (Fsp3) is 0.391. The van der Waals surface area contributed by atoms with Gasteiger partial charge in [0, 0.05) is 47.4 Å². The van der Waals surface area contributed by atoms with Crippen LogP contribution in [0.5, 0.6) is 5.75 Å². The summed E-state index contributed by atoms with van der Waals surface area (Å²) in [5.41, 5.74) is 3.24. The summed E-state index contributed by atoms with van der Waals surface area (Å²) in [6.45, 7) is -3.49. The molecule has 1 atom stereocenters. The Morgan fingerprint density at radius 3 is 2.62 bits per heavy atom. The molecular formula is C23H24F4N2O2S. The van der Waals surface area contributed by atoms with Gasteiger partial charge in [0.1, 0.15) is 5.75 Å². The third-order valence-electron chi connectivity index (χ3n) is 5.51. The fourth-order valence-corrected chi connectivity index (χ4v) is 5.08. The highest BCUT2D eigenvalue weighted by Gasteiger charge is 2.25. The van der Waals surface area contributed by atoms with Crippen LogP contribution in [-0.4, -0.2) is 48.8 Å². The number of ether oxygens (including phenoxy) is 2. The van der Waals surface area contributed by atoms with Crippen molar-refractivity contribution in [2.24, 2.45) is 0 Å². The van der Waals surface area contributed by atoms with E-state index in [1.165, 1.54) is 5.56 Å². The molecule has 4 nitrogen and oxygen atoms in total. The lowest BCUT2D eigenvalue weighted by Crippen LogP contribution is -2.26. The first-order chi connectivity index (χ1) is 15.5. The number of hydrogen-bond donors (Lipinski definition) is 1. The maximum absolute atomic E-state index is 12.4. The molecule has 0 radical (unpaired) electrons. The Hall–Kier alpha value is -2.23. The molecule has 1 aliphatic rings. The molecule has 0 aliphatic carbocycles. The number of fused-ring (bicyclic) bond motifs is 1. The number of alkyl halides is 4. The molecule has 1 fully saturated rings. The zero-order valence-corrected chi connectivity index (χ0v) is 18.1. The highest BCUT2D eigenvalue weighted by atomic mass is 32.2. The highest BCUT2D eigenvalue weighted by Crippen LogP contribution is 2.33. The number of rotatable bonds is 10. The second-order valence-electron chi connectivity index (χ2n) is 7.66. The van der Waals surface area contributed by atoms with E-state index in [9.17, 15) is 17.6 Å². The fourth-order valence-electron chi connectivity index (χ4n) is 4.00. The van der Waals surface area contributed by atoms with Crippen molar-refractivity contribution in [3.63, 3.8) is 0 Å². The minimum absolute atomic E-state index is 0.145. The Kier molecular flexibility index (Phi) is 7.59. The summed E-state index contributed by atoms with van der Waals surface area (Å²) in [5.74, 6) is 0.837. The Labute approximate surface area is 187 Å². The van der Waals surface area contributed by atoms with Crippen LogP contribution >= 0.6 is 11.8 Å². The van der Waals surface area contributed by atoms with Crippen molar-refractivity contribution < 1.29 is 27.0 Å². The zero-order chi connectivity index (χ0) is 22.5. The molecule has 1 aromatic heterocycles. The Morgan fingerprint density at radius 1 is 1.06 bits per heavy atom. The van der Waals surface area contributed by atoms with E-state index in [0.717, 1.165) is 40.9 Å². The number of nitrogens with one attached hydrogen (secondary N) is 1. The van der Waals surface area contributed by atoms with E-state index in [-0.39, 0.29) is 5.75 Å². The number of halogens is 4. The summed E-state index contributed by atoms with van der Waals surface area (Å²) in [4.78, 5) is 6.61. The zero-order valence-electron chi connectivity index (χ0n) is 17.3. The second-order valence-corrected chi connectivity index (χ2v) is 8.68. The Bertz CT molecular complexity index is 1010. The number of likely N-dealkylation sites (tertiary alicyclic amines) is 1. The van der Waals surface area contributed by atoms with Crippen molar-refractivity contribution >= 4 is 22.7 Å². The van der Waals surface area contributed by atoms with Crippen LogP contribution < -0.4 is 4.74 Å². The van der Waals surface area contributed by atoms with Crippen LogP contribution in [0.2, 0.25) is 0 Å². The molecule has 0 spiro atoms. The molecule has 32 heavy (non-hydrogen) atoms. The third kappa shape index (κ3) is 5.96. The van der Waals surface area contributed by atoms with E-state index in [1.807, 2.05) is 18.3 Å². The SMILES string of the molecule is FC(F)Oc1ccc(CSc2cccc3[nH]cc(CCN4CC[C@H](OC(F)F)C4)c23)cc1. The van der Waals surface area contributed by atoms with Gasteiger partial charge in [-0.05, 0) is 48.2 Å². The molecular weight excluding hydrogens is 444 g/mol. The molecule has 1 saturated heterocycles. The molecule has 0 unspecified atom stereocenters. The smallest absolute Gasteiger partial charge is 0.387 e. The average molecular weight is 469 g/mol. The van der Waals surface area contributed by atoms with Gasteiger partial charge in [-0.1, -0.05) is 18.2 Å². The van der Waals surface area contributed by atoms with E-state index in [1.54, 1.807) is 36.0 Å². The molecule has 0 saturated carbocycles. The molecule has 172 valence electrons. The van der Waals surface area contributed by atoms with Gasteiger partial charge in [0.15, 0.2) is 0 Å². The van der Waals surface area contributed by atoms with Crippen molar-refractivity contribution in [3.8, 4) is 5.75 Å². The number of hydrogen-bond acceptors (Lipinski definition) is 4.